The van der Waals surface area contributed by atoms with Gasteiger partial charge in [0.25, 0.3) is 0 Å². The highest BCUT2D eigenvalue weighted by Crippen LogP contribution is 2.54. The van der Waals surface area contributed by atoms with Crippen LogP contribution in [0.3, 0.4) is 0 Å². The SMILES string of the molecule is c1ccc(-c2c3cc4c(cc3c(-c3cccc(-c5ccccn5)c3)c3c5cccc6cccc(c23)c65)c2ccc3ccc5cccc6cc4c2c3c56)cc1. The van der Waals surface area contributed by atoms with Crippen molar-refractivity contribution in [1.82, 2.24) is 4.98 Å². The summed E-state index contributed by atoms with van der Waals surface area (Å²) in [5.74, 6) is 0. The third kappa shape index (κ3) is 3.61. The molecule has 0 fully saturated rings. The van der Waals surface area contributed by atoms with Crippen molar-refractivity contribution >= 4 is 97.0 Å². The molecule has 0 saturated carbocycles. The topological polar surface area (TPSA) is 12.9 Å². The van der Waals surface area contributed by atoms with E-state index < -0.39 is 0 Å². The minimum atomic E-state index is 0.979. The maximum Gasteiger partial charge on any atom is 0.0702 e. The Morgan fingerprint density at radius 2 is 0.852 bits per heavy atom. The van der Waals surface area contributed by atoms with Crippen LogP contribution in [0.4, 0.5) is 0 Å². The van der Waals surface area contributed by atoms with Crippen molar-refractivity contribution in [2.45, 2.75) is 0 Å². The van der Waals surface area contributed by atoms with E-state index in [0.717, 1.165) is 11.3 Å². The summed E-state index contributed by atoms with van der Waals surface area (Å²) in [6.07, 6.45) is 1.88. The van der Waals surface area contributed by atoms with Crippen LogP contribution in [0.5, 0.6) is 0 Å². The number of hydrogen-bond acceptors (Lipinski definition) is 1. The second kappa shape index (κ2) is 10.3. The van der Waals surface area contributed by atoms with Gasteiger partial charge in [-0.05, 0) is 156 Å². The Morgan fingerprint density at radius 3 is 1.61 bits per heavy atom. The van der Waals surface area contributed by atoms with Gasteiger partial charge in [-0.2, -0.15) is 0 Å². The molecule has 0 spiro atoms. The Morgan fingerprint density at radius 1 is 0.259 bits per heavy atom. The fourth-order valence-electron chi connectivity index (χ4n) is 10.1. The molecular formula is C53H29N. The molecule has 0 amide bonds. The lowest BCUT2D eigenvalue weighted by Crippen LogP contribution is -1.91. The fourth-order valence-corrected chi connectivity index (χ4v) is 10.1. The first-order valence-corrected chi connectivity index (χ1v) is 18.8. The molecular weight excluding hydrogens is 651 g/mol. The lowest BCUT2D eigenvalue weighted by molar-refractivity contribution is 1.33. The Bertz CT molecular complexity index is 3630. The van der Waals surface area contributed by atoms with Gasteiger partial charge in [-0.3, -0.25) is 4.98 Å². The highest BCUT2D eigenvalue weighted by atomic mass is 14.7. The van der Waals surface area contributed by atoms with Crippen LogP contribution in [0.25, 0.3) is 130 Å². The van der Waals surface area contributed by atoms with E-state index in [1.807, 2.05) is 12.3 Å². The van der Waals surface area contributed by atoms with E-state index in [1.165, 1.54) is 119 Å². The third-order valence-electron chi connectivity index (χ3n) is 12.3. The van der Waals surface area contributed by atoms with Crippen LogP contribution in [0.1, 0.15) is 0 Å². The molecule has 0 bridgehead atoms. The summed E-state index contributed by atoms with van der Waals surface area (Å²) in [5, 5.41) is 23.7. The van der Waals surface area contributed by atoms with E-state index in [4.69, 9.17) is 4.98 Å². The molecule has 54 heavy (non-hydrogen) atoms. The smallest absolute Gasteiger partial charge is 0.0702 e. The van der Waals surface area contributed by atoms with E-state index in [2.05, 4.69) is 164 Å². The lowest BCUT2D eigenvalue weighted by atomic mass is 9.85. The van der Waals surface area contributed by atoms with Gasteiger partial charge in [-0.1, -0.05) is 133 Å². The second-order valence-electron chi connectivity index (χ2n) is 15.0. The third-order valence-corrected chi connectivity index (χ3v) is 12.3. The zero-order valence-corrected chi connectivity index (χ0v) is 29.2. The highest BCUT2D eigenvalue weighted by molar-refractivity contribution is 6.44. The average molecular weight is 680 g/mol. The largest absolute Gasteiger partial charge is 0.256 e. The van der Waals surface area contributed by atoms with Gasteiger partial charge < -0.3 is 0 Å². The van der Waals surface area contributed by atoms with Gasteiger partial charge in [0.2, 0.25) is 0 Å². The van der Waals surface area contributed by atoms with Gasteiger partial charge in [-0.15, -0.1) is 0 Å². The molecule has 13 rings (SSSR count). The van der Waals surface area contributed by atoms with Crippen molar-refractivity contribution in [3.05, 3.63) is 176 Å². The van der Waals surface area contributed by atoms with Crippen LogP contribution in [0.15, 0.2) is 176 Å². The zero-order chi connectivity index (χ0) is 35.1. The molecule has 0 atom stereocenters. The molecule has 0 aliphatic carbocycles. The average Bonchev–Trinajstić information content (AvgIpc) is 3.73. The zero-order valence-electron chi connectivity index (χ0n) is 29.2. The van der Waals surface area contributed by atoms with E-state index in [1.54, 1.807) is 0 Å². The van der Waals surface area contributed by atoms with E-state index in [0.29, 0.717) is 0 Å². The summed E-state index contributed by atoms with van der Waals surface area (Å²) in [6, 6.07) is 63.5. The first kappa shape index (κ1) is 28.5. The number of benzene rings is 10. The Labute approximate surface area is 310 Å². The van der Waals surface area contributed by atoms with Crippen molar-refractivity contribution in [3.63, 3.8) is 0 Å². The second-order valence-corrected chi connectivity index (χ2v) is 15.0. The van der Waals surface area contributed by atoms with E-state index in [9.17, 15) is 0 Å². The summed E-state index contributed by atoms with van der Waals surface area (Å²) in [6.45, 7) is 0. The van der Waals surface area contributed by atoms with Gasteiger partial charge in [0.15, 0.2) is 0 Å². The summed E-state index contributed by atoms with van der Waals surface area (Å²) in [7, 11) is 0. The Kier molecular flexibility index (Phi) is 5.42. The molecule has 246 valence electrons. The van der Waals surface area contributed by atoms with Crippen LogP contribution >= 0.6 is 0 Å². The van der Waals surface area contributed by atoms with Crippen LogP contribution in [-0.4, -0.2) is 4.98 Å². The Hall–Kier alpha value is -7.09. The van der Waals surface area contributed by atoms with Crippen molar-refractivity contribution in [1.29, 1.82) is 0 Å². The Balaban J connectivity index is 1.30. The molecule has 12 aromatic carbocycles. The maximum atomic E-state index is 4.76. The number of pyridine rings is 1. The fraction of sp³-hybridized carbons (Fsp3) is 0. The molecule has 0 radical (unpaired) electrons. The number of fused-ring (bicyclic) bond motifs is 7. The normalized spacial score (nSPS) is 12.4. The van der Waals surface area contributed by atoms with Crippen molar-refractivity contribution in [3.8, 4) is 33.5 Å². The van der Waals surface area contributed by atoms with Crippen LogP contribution in [0.2, 0.25) is 0 Å². The van der Waals surface area contributed by atoms with Gasteiger partial charge in [0.05, 0.1) is 5.69 Å². The van der Waals surface area contributed by atoms with Crippen molar-refractivity contribution in [2.75, 3.05) is 0 Å². The predicted molar refractivity (Wildman–Crippen MR) is 232 cm³/mol. The van der Waals surface area contributed by atoms with Crippen LogP contribution in [-0.2, 0) is 0 Å². The van der Waals surface area contributed by atoms with Crippen molar-refractivity contribution < 1.29 is 0 Å². The number of rotatable bonds is 3. The lowest BCUT2D eigenvalue weighted by Gasteiger charge is -2.18. The summed E-state index contributed by atoms with van der Waals surface area (Å²) in [5.41, 5.74) is 7.12. The summed E-state index contributed by atoms with van der Waals surface area (Å²) >= 11 is 0. The predicted octanol–water partition coefficient (Wildman–Crippen LogP) is 14.8. The number of aromatic nitrogens is 1. The molecule has 1 nitrogen and oxygen atoms in total. The molecule has 0 unspecified atom stereocenters. The van der Waals surface area contributed by atoms with Crippen LogP contribution < -0.4 is 0 Å². The standard InChI is InChI=1S/C53H29N/c1-2-10-31(11-3-1)48-43-29-41-40(37-24-23-33-22-21-32-12-6-17-36-27-42(41)51(37)50(33)46(32)36)28-44(43)49(35-16-7-15-34(26-35)45-20-4-5-25-54-45)53-39-19-9-14-30-13-8-18-38(47(30)39)52(48)53/h1-29H. The van der Waals surface area contributed by atoms with Crippen LogP contribution in [0, 0.1) is 0 Å². The molecule has 1 heteroatoms. The maximum absolute atomic E-state index is 4.76. The minimum Gasteiger partial charge on any atom is -0.256 e. The molecule has 0 aliphatic rings. The first-order valence-electron chi connectivity index (χ1n) is 18.8. The van der Waals surface area contributed by atoms with Crippen molar-refractivity contribution in [2.24, 2.45) is 0 Å². The summed E-state index contributed by atoms with van der Waals surface area (Å²) < 4.78 is 0. The first-order chi connectivity index (χ1) is 26.8. The molecule has 1 aromatic heterocycles. The van der Waals surface area contributed by atoms with Gasteiger partial charge in [-0.25, -0.2) is 0 Å². The number of nitrogens with zero attached hydrogens (tertiary/aromatic N) is 1. The molecule has 0 N–H and O–H groups in total. The van der Waals surface area contributed by atoms with E-state index in [-0.39, 0.29) is 0 Å². The minimum absolute atomic E-state index is 0.979. The van der Waals surface area contributed by atoms with Gasteiger partial charge in [0, 0.05) is 11.8 Å². The number of hydrogen-bond donors (Lipinski definition) is 0. The van der Waals surface area contributed by atoms with E-state index >= 15 is 0 Å². The molecule has 0 saturated heterocycles. The quantitative estimate of drug-likeness (QED) is 0.169. The van der Waals surface area contributed by atoms with Gasteiger partial charge in [0.1, 0.15) is 0 Å². The highest BCUT2D eigenvalue weighted by Gasteiger charge is 2.26. The molecule has 0 aliphatic heterocycles. The molecule has 13 aromatic rings. The molecule has 1 heterocycles. The van der Waals surface area contributed by atoms with Gasteiger partial charge >= 0.3 is 0 Å². The monoisotopic (exact) mass is 679 g/mol. The summed E-state index contributed by atoms with van der Waals surface area (Å²) in [4.78, 5) is 4.76.